The van der Waals surface area contributed by atoms with Crippen molar-refractivity contribution in [3.8, 4) is 11.5 Å². The topological polar surface area (TPSA) is 44.8 Å². The zero-order valence-electron chi connectivity index (χ0n) is 12.9. The molecule has 112 valence electrons. The van der Waals surface area contributed by atoms with Crippen LogP contribution in [0.3, 0.4) is 0 Å². The Labute approximate surface area is 121 Å². The van der Waals surface area contributed by atoms with Crippen LogP contribution in [-0.2, 0) is 9.53 Å². The largest absolute Gasteiger partial charge is 0.490 e. The van der Waals surface area contributed by atoms with Gasteiger partial charge in [0.25, 0.3) is 0 Å². The number of hydrogen-bond donors (Lipinski definition) is 0. The summed E-state index contributed by atoms with van der Waals surface area (Å²) in [4.78, 5) is 11.9. The molecular formula is C16H24O4. The van der Waals surface area contributed by atoms with Crippen LogP contribution in [0.25, 0.3) is 0 Å². The highest BCUT2D eigenvalue weighted by Gasteiger charge is 2.26. The zero-order valence-corrected chi connectivity index (χ0v) is 12.9. The van der Waals surface area contributed by atoms with Crippen LogP contribution in [-0.4, -0.2) is 26.3 Å². The van der Waals surface area contributed by atoms with Crippen molar-refractivity contribution in [3.63, 3.8) is 0 Å². The van der Waals surface area contributed by atoms with Crippen molar-refractivity contribution in [3.05, 3.63) is 23.8 Å². The maximum atomic E-state index is 11.9. The molecule has 0 bridgehead atoms. The Morgan fingerprint density at radius 2 is 1.70 bits per heavy atom. The molecule has 0 fully saturated rings. The third kappa shape index (κ3) is 3.89. The van der Waals surface area contributed by atoms with E-state index in [1.807, 2.05) is 45.9 Å². The first-order chi connectivity index (χ1) is 9.54. The van der Waals surface area contributed by atoms with Gasteiger partial charge in [0.2, 0.25) is 0 Å². The van der Waals surface area contributed by atoms with E-state index >= 15 is 0 Å². The van der Waals surface area contributed by atoms with Crippen LogP contribution in [0.4, 0.5) is 0 Å². The van der Waals surface area contributed by atoms with Gasteiger partial charge in [-0.3, -0.25) is 4.79 Å². The SMILES string of the molecule is CCOc1ccc(C(C(=O)OC)C(C)C)cc1OCC. The average Bonchev–Trinajstić information content (AvgIpc) is 2.41. The summed E-state index contributed by atoms with van der Waals surface area (Å²) in [5.74, 6) is 0.989. The maximum absolute atomic E-state index is 11.9. The van der Waals surface area contributed by atoms with Gasteiger partial charge in [-0.2, -0.15) is 0 Å². The summed E-state index contributed by atoms with van der Waals surface area (Å²) in [6.45, 7) is 8.96. The summed E-state index contributed by atoms with van der Waals surface area (Å²) >= 11 is 0. The van der Waals surface area contributed by atoms with E-state index in [1.54, 1.807) is 0 Å². The second kappa shape index (κ2) is 7.78. The van der Waals surface area contributed by atoms with Crippen LogP contribution >= 0.6 is 0 Å². The Kier molecular flexibility index (Phi) is 6.36. The molecule has 0 aliphatic rings. The number of ether oxygens (including phenoxy) is 3. The van der Waals surface area contributed by atoms with E-state index in [0.29, 0.717) is 24.7 Å². The summed E-state index contributed by atoms with van der Waals surface area (Å²) in [6.07, 6.45) is 0. The third-order valence-corrected chi connectivity index (χ3v) is 3.05. The molecule has 0 aromatic heterocycles. The minimum Gasteiger partial charge on any atom is -0.490 e. The number of carbonyl (C=O) groups excluding carboxylic acids is 1. The van der Waals surface area contributed by atoms with Gasteiger partial charge < -0.3 is 14.2 Å². The predicted molar refractivity (Wildman–Crippen MR) is 78.4 cm³/mol. The quantitative estimate of drug-likeness (QED) is 0.718. The minimum atomic E-state index is -0.296. The molecule has 20 heavy (non-hydrogen) atoms. The van der Waals surface area contributed by atoms with Gasteiger partial charge in [-0.1, -0.05) is 19.9 Å². The van der Waals surface area contributed by atoms with E-state index in [4.69, 9.17) is 14.2 Å². The molecule has 0 radical (unpaired) electrons. The Hall–Kier alpha value is -1.71. The van der Waals surface area contributed by atoms with Crippen LogP contribution in [0.5, 0.6) is 11.5 Å². The molecule has 0 aliphatic heterocycles. The van der Waals surface area contributed by atoms with Crippen molar-refractivity contribution < 1.29 is 19.0 Å². The Morgan fingerprint density at radius 1 is 1.10 bits per heavy atom. The lowest BCUT2D eigenvalue weighted by Gasteiger charge is -2.20. The molecule has 0 N–H and O–H groups in total. The van der Waals surface area contributed by atoms with Gasteiger partial charge >= 0.3 is 5.97 Å². The van der Waals surface area contributed by atoms with Crippen LogP contribution < -0.4 is 9.47 Å². The van der Waals surface area contributed by atoms with Gasteiger partial charge in [0.05, 0.1) is 26.2 Å². The van der Waals surface area contributed by atoms with Gasteiger partial charge in [-0.15, -0.1) is 0 Å². The Morgan fingerprint density at radius 3 is 2.20 bits per heavy atom. The molecule has 4 nitrogen and oxygen atoms in total. The molecule has 1 aromatic rings. The van der Waals surface area contributed by atoms with Crippen molar-refractivity contribution in [2.75, 3.05) is 20.3 Å². The van der Waals surface area contributed by atoms with Crippen molar-refractivity contribution >= 4 is 5.97 Å². The van der Waals surface area contributed by atoms with Crippen LogP contribution in [0.15, 0.2) is 18.2 Å². The fourth-order valence-electron chi connectivity index (χ4n) is 2.18. The lowest BCUT2D eigenvalue weighted by molar-refractivity contribution is -0.143. The van der Waals surface area contributed by atoms with Gasteiger partial charge in [-0.05, 0) is 37.5 Å². The highest BCUT2D eigenvalue weighted by Crippen LogP contribution is 2.34. The molecule has 0 aliphatic carbocycles. The normalized spacial score (nSPS) is 12.1. The predicted octanol–water partition coefficient (Wildman–Crippen LogP) is 3.40. The highest BCUT2D eigenvalue weighted by atomic mass is 16.5. The first-order valence-electron chi connectivity index (χ1n) is 7.02. The van der Waals surface area contributed by atoms with Crippen molar-refractivity contribution in [2.45, 2.75) is 33.6 Å². The van der Waals surface area contributed by atoms with E-state index in [-0.39, 0.29) is 17.8 Å². The first-order valence-corrected chi connectivity index (χ1v) is 7.02. The number of esters is 1. The Bertz CT molecular complexity index is 440. The number of hydrogen-bond acceptors (Lipinski definition) is 4. The first kappa shape index (κ1) is 16.3. The maximum Gasteiger partial charge on any atom is 0.313 e. The van der Waals surface area contributed by atoms with Crippen molar-refractivity contribution in [1.29, 1.82) is 0 Å². The van der Waals surface area contributed by atoms with E-state index in [1.165, 1.54) is 7.11 Å². The molecule has 1 aromatic carbocycles. The monoisotopic (exact) mass is 280 g/mol. The third-order valence-electron chi connectivity index (χ3n) is 3.05. The lowest BCUT2D eigenvalue weighted by atomic mass is 9.88. The van der Waals surface area contributed by atoms with Gasteiger partial charge in [0.1, 0.15) is 0 Å². The van der Waals surface area contributed by atoms with Gasteiger partial charge in [0.15, 0.2) is 11.5 Å². The summed E-state index contributed by atoms with van der Waals surface area (Å²) in [7, 11) is 1.41. The molecule has 0 amide bonds. The van der Waals surface area contributed by atoms with Gasteiger partial charge in [-0.25, -0.2) is 0 Å². The molecular weight excluding hydrogens is 256 g/mol. The number of rotatable bonds is 7. The minimum absolute atomic E-state index is 0.148. The lowest BCUT2D eigenvalue weighted by Crippen LogP contribution is -2.19. The second-order valence-electron chi connectivity index (χ2n) is 4.82. The smallest absolute Gasteiger partial charge is 0.313 e. The molecule has 0 saturated heterocycles. The van der Waals surface area contributed by atoms with E-state index in [0.717, 1.165) is 5.56 Å². The molecule has 4 heteroatoms. The zero-order chi connectivity index (χ0) is 15.1. The van der Waals surface area contributed by atoms with E-state index in [9.17, 15) is 4.79 Å². The van der Waals surface area contributed by atoms with Crippen LogP contribution in [0, 0.1) is 5.92 Å². The van der Waals surface area contributed by atoms with Crippen LogP contribution in [0.2, 0.25) is 0 Å². The molecule has 0 spiro atoms. The highest BCUT2D eigenvalue weighted by molar-refractivity contribution is 5.78. The standard InChI is InChI=1S/C16H24O4/c1-6-19-13-9-8-12(10-14(13)20-7-2)15(11(3)4)16(17)18-5/h8-11,15H,6-7H2,1-5H3. The summed E-state index contributed by atoms with van der Waals surface area (Å²) in [5, 5.41) is 0. The molecule has 1 unspecified atom stereocenters. The number of carbonyl (C=O) groups is 1. The second-order valence-corrected chi connectivity index (χ2v) is 4.82. The van der Waals surface area contributed by atoms with Gasteiger partial charge in [0, 0.05) is 0 Å². The summed E-state index contributed by atoms with van der Waals surface area (Å²) < 4.78 is 16.0. The fraction of sp³-hybridized carbons (Fsp3) is 0.562. The molecule has 0 saturated carbocycles. The number of benzene rings is 1. The molecule has 0 heterocycles. The fourth-order valence-corrected chi connectivity index (χ4v) is 2.18. The summed E-state index contributed by atoms with van der Waals surface area (Å²) in [6, 6.07) is 5.62. The molecule has 1 rings (SSSR count). The summed E-state index contributed by atoms with van der Waals surface area (Å²) in [5.41, 5.74) is 0.888. The Balaban J connectivity index is 3.16. The van der Waals surface area contributed by atoms with Crippen LogP contribution in [0.1, 0.15) is 39.2 Å². The average molecular weight is 280 g/mol. The van der Waals surface area contributed by atoms with Crippen molar-refractivity contribution in [2.24, 2.45) is 5.92 Å². The molecule has 1 atom stereocenters. The number of methoxy groups -OCH3 is 1. The van der Waals surface area contributed by atoms with E-state index in [2.05, 4.69) is 0 Å². The van der Waals surface area contributed by atoms with Crippen molar-refractivity contribution in [1.82, 2.24) is 0 Å². The van der Waals surface area contributed by atoms with E-state index < -0.39 is 0 Å².